The van der Waals surface area contributed by atoms with Gasteiger partial charge in [0.1, 0.15) is 12.2 Å². The maximum atomic E-state index is 13.2. The van der Waals surface area contributed by atoms with Gasteiger partial charge in [-0.15, -0.1) is 0 Å². The van der Waals surface area contributed by atoms with Crippen molar-refractivity contribution in [3.05, 3.63) is 47.0 Å². The summed E-state index contributed by atoms with van der Waals surface area (Å²) in [6, 6.07) is 8.59. The second-order valence-electron chi connectivity index (χ2n) is 12.4. The fourth-order valence-corrected chi connectivity index (χ4v) is 6.56. The Morgan fingerprint density at radius 2 is 1.84 bits per heavy atom. The molecule has 2 fully saturated rings. The molecule has 4 rings (SSSR count). The van der Waals surface area contributed by atoms with E-state index in [0.29, 0.717) is 24.0 Å². The zero-order valence-corrected chi connectivity index (χ0v) is 23.4. The standard InChI is InChI=1S/C29H40N2O7/c1-18-20-15-22(31(7)25(34)38-26(2,3)4)27(5)14-13-21(28(27,6)17-29(20,35)37-23(18)32)30-24(33)36-16-19-11-9-8-10-12-19/h8-12,21-22,35H,13-17H2,1-7H3,(H,30,33)/t21-,22-,27+,28+,29?/m0/s1. The third-order valence-electron chi connectivity index (χ3n) is 8.91. The molecule has 9 nitrogen and oxygen atoms in total. The van der Waals surface area contributed by atoms with Gasteiger partial charge in [-0.2, -0.15) is 0 Å². The van der Waals surface area contributed by atoms with Gasteiger partial charge in [-0.1, -0.05) is 44.2 Å². The molecule has 208 valence electrons. The van der Waals surface area contributed by atoms with E-state index in [0.717, 1.165) is 5.56 Å². The first kappa shape index (κ1) is 28.0. The van der Waals surface area contributed by atoms with Crippen LogP contribution in [-0.4, -0.2) is 58.7 Å². The third-order valence-corrected chi connectivity index (χ3v) is 8.91. The van der Waals surface area contributed by atoms with Gasteiger partial charge in [0.15, 0.2) is 0 Å². The summed E-state index contributed by atoms with van der Waals surface area (Å²) in [5, 5.41) is 14.7. The van der Waals surface area contributed by atoms with Crippen LogP contribution in [0.3, 0.4) is 0 Å². The van der Waals surface area contributed by atoms with Gasteiger partial charge in [-0.25, -0.2) is 14.4 Å². The van der Waals surface area contributed by atoms with Crippen molar-refractivity contribution in [2.24, 2.45) is 10.8 Å². The summed E-state index contributed by atoms with van der Waals surface area (Å²) in [6.07, 6.45) is 0.556. The molecule has 0 saturated heterocycles. The van der Waals surface area contributed by atoms with Crippen LogP contribution < -0.4 is 5.32 Å². The molecule has 1 aromatic carbocycles. The first-order valence-corrected chi connectivity index (χ1v) is 13.2. The average molecular weight is 529 g/mol. The van der Waals surface area contributed by atoms with E-state index in [-0.39, 0.29) is 19.4 Å². The molecule has 0 spiro atoms. The summed E-state index contributed by atoms with van der Waals surface area (Å²) in [4.78, 5) is 40.3. The SMILES string of the molecule is CC1=C2C[C@H](N(C)C(=O)OC(C)(C)C)[C@@]3(C)CC[C@H](NC(=O)OCc4ccccc4)[C@@]3(C)CC2(O)OC1=O. The molecule has 0 bridgehead atoms. The van der Waals surface area contributed by atoms with Crippen molar-refractivity contribution >= 4 is 18.2 Å². The number of fused-ring (bicyclic) bond motifs is 2. The van der Waals surface area contributed by atoms with Crippen molar-refractivity contribution in [2.75, 3.05) is 7.05 Å². The molecule has 1 unspecified atom stereocenters. The van der Waals surface area contributed by atoms with Gasteiger partial charge in [0.05, 0.1) is 0 Å². The molecule has 1 aromatic rings. The van der Waals surface area contributed by atoms with Crippen LogP contribution in [-0.2, 0) is 25.6 Å². The van der Waals surface area contributed by atoms with Crippen molar-refractivity contribution in [2.45, 2.75) is 97.3 Å². The zero-order valence-electron chi connectivity index (χ0n) is 23.4. The summed E-state index contributed by atoms with van der Waals surface area (Å²) in [5.41, 5.74) is -0.308. The summed E-state index contributed by atoms with van der Waals surface area (Å²) >= 11 is 0. The van der Waals surface area contributed by atoms with Gasteiger partial charge in [0, 0.05) is 42.1 Å². The fourth-order valence-electron chi connectivity index (χ4n) is 6.56. The zero-order chi connectivity index (χ0) is 28.1. The van der Waals surface area contributed by atoms with E-state index in [1.165, 1.54) is 0 Å². The molecule has 0 aromatic heterocycles. The molecule has 2 saturated carbocycles. The highest BCUT2D eigenvalue weighted by molar-refractivity contribution is 5.92. The van der Waals surface area contributed by atoms with Crippen molar-refractivity contribution in [1.29, 1.82) is 0 Å². The van der Waals surface area contributed by atoms with Gasteiger partial charge in [-0.05, 0) is 57.9 Å². The lowest BCUT2D eigenvalue weighted by molar-refractivity contribution is -0.195. The van der Waals surface area contributed by atoms with E-state index in [9.17, 15) is 19.5 Å². The molecule has 0 radical (unpaired) electrons. The predicted octanol–water partition coefficient (Wildman–Crippen LogP) is 4.68. The van der Waals surface area contributed by atoms with Gasteiger partial charge >= 0.3 is 18.2 Å². The lowest BCUT2D eigenvalue weighted by Crippen LogP contribution is -2.57. The normalized spacial score (nSPS) is 32.6. The Balaban J connectivity index is 1.66. The number of benzene rings is 1. The van der Waals surface area contributed by atoms with Crippen LogP contribution in [0.4, 0.5) is 9.59 Å². The highest BCUT2D eigenvalue weighted by Gasteiger charge is 2.67. The number of aliphatic hydroxyl groups is 1. The molecular weight excluding hydrogens is 488 g/mol. The summed E-state index contributed by atoms with van der Waals surface area (Å²) < 4.78 is 16.7. The number of carbonyl (C=O) groups excluding carboxylic acids is 3. The number of amides is 2. The van der Waals surface area contributed by atoms with E-state index in [4.69, 9.17) is 14.2 Å². The first-order valence-electron chi connectivity index (χ1n) is 13.2. The number of ether oxygens (including phenoxy) is 3. The van der Waals surface area contributed by atoms with Crippen molar-refractivity contribution in [3.8, 4) is 0 Å². The second-order valence-corrected chi connectivity index (χ2v) is 12.4. The number of rotatable bonds is 4. The van der Waals surface area contributed by atoms with Crippen molar-refractivity contribution in [1.82, 2.24) is 10.2 Å². The number of carbonyl (C=O) groups is 3. The molecule has 2 amide bonds. The maximum Gasteiger partial charge on any atom is 0.410 e. The van der Waals surface area contributed by atoms with Crippen LogP contribution in [0.2, 0.25) is 0 Å². The first-order chi connectivity index (χ1) is 17.6. The molecule has 38 heavy (non-hydrogen) atoms. The van der Waals surface area contributed by atoms with Crippen LogP contribution in [0.25, 0.3) is 0 Å². The Morgan fingerprint density at radius 1 is 1.18 bits per heavy atom. The molecule has 5 atom stereocenters. The smallest absolute Gasteiger partial charge is 0.410 e. The van der Waals surface area contributed by atoms with Gasteiger partial charge in [0.2, 0.25) is 5.79 Å². The molecule has 2 aliphatic carbocycles. The van der Waals surface area contributed by atoms with E-state index < -0.39 is 52.5 Å². The summed E-state index contributed by atoms with van der Waals surface area (Å²) in [6.45, 7) is 11.3. The molecule has 2 N–H and O–H groups in total. The highest BCUT2D eigenvalue weighted by Crippen LogP contribution is 2.64. The molecule has 1 heterocycles. The highest BCUT2D eigenvalue weighted by atomic mass is 16.7. The summed E-state index contributed by atoms with van der Waals surface area (Å²) in [5.74, 6) is -2.39. The molecular formula is C29H40N2O7. The Labute approximate surface area is 224 Å². The topological polar surface area (TPSA) is 114 Å². The van der Waals surface area contributed by atoms with Gasteiger partial charge < -0.3 is 29.5 Å². The lowest BCUT2D eigenvalue weighted by atomic mass is 9.60. The Kier molecular flexibility index (Phi) is 7.06. The van der Waals surface area contributed by atoms with E-state index in [2.05, 4.69) is 12.2 Å². The number of hydrogen-bond acceptors (Lipinski definition) is 7. The predicted molar refractivity (Wildman–Crippen MR) is 140 cm³/mol. The van der Waals surface area contributed by atoms with Crippen molar-refractivity contribution < 1.29 is 33.7 Å². The van der Waals surface area contributed by atoms with Gasteiger partial charge in [0.25, 0.3) is 0 Å². The minimum absolute atomic E-state index is 0.0806. The number of alkyl carbamates (subject to hydrolysis) is 1. The molecule has 9 heteroatoms. The van der Waals surface area contributed by atoms with Crippen LogP contribution in [0, 0.1) is 10.8 Å². The van der Waals surface area contributed by atoms with E-state index in [1.54, 1.807) is 18.9 Å². The molecule has 1 aliphatic heterocycles. The molecule has 3 aliphatic rings. The minimum Gasteiger partial charge on any atom is -0.445 e. The largest absolute Gasteiger partial charge is 0.445 e. The van der Waals surface area contributed by atoms with Crippen LogP contribution in [0.15, 0.2) is 41.5 Å². The minimum atomic E-state index is -1.82. The Hall–Kier alpha value is -3.07. The maximum absolute atomic E-state index is 13.2. The monoisotopic (exact) mass is 528 g/mol. The van der Waals surface area contributed by atoms with Crippen molar-refractivity contribution in [3.63, 3.8) is 0 Å². The fraction of sp³-hybridized carbons (Fsp3) is 0.621. The average Bonchev–Trinajstić information content (AvgIpc) is 3.15. The lowest BCUT2D eigenvalue weighted by Gasteiger charge is -2.50. The van der Waals surface area contributed by atoms with Crippen LogP contribution >= 0.6 is 0 Å². The number of nitrogens with one attached hydrogen (secondary N) is 1. The third kappa shape index (κ3) is 4.88. The van der Waals surface area contributed by atoms with E-state index >= 15 is 0 Å². The number of hydrogen-bond donors (Lipinski definition) is 2. The van der Waals surface area contributed by atoms with Gasteiger partial charge in [-0.3, -0.25) is 0 Å². The van der Waals surface area contributed by atoms with Crippen LogP contribution in [0.5, 0.6) is 0 Å². The Morgan fingerprint density at radius 3 is 2.47 bits per heavy atom. The number of nitrogens with zero attached hydrogens (tertiary/aromatic N) is 1. The quantitative estimate of drug-likeness (QED) is 0.431. The summed E-state index contributed by atoms with van der Waals surface area (Å²) in [7, 11) is 1.69. The number of esters is 1. The van der Waals surface area contributed by atoms with Crippen LogP contribution in [0.1, 0.15) is 72.8 Å². The second kappa shape index (κ2) is 9.59. The van der Waals surface area contributed by atoms with E-state index in [1.807, 2.05) is 58.0 Å². The Bertz CT molecular complexity index is 1140.